The van der Waals surface area contributed by atoms with Gasteiger partial charge in [0.15, 0.2) is 6.10 Å². The molecule has 0 spiro atoms. The summed E-state index contributed by atoms with van der Waals surface area (Å²) in [7, 11) is 1.32. The highest BCUT2D eigenvalue weighted by atomic mass is 16.6. The number of benzene rings is 1. The Morgan fingerprint density at radius 2 is 1.94 bits per heavy atom. The first-order valence-corrected chi connectivity index (χ1v) is 10.1. The molecule has 0 saturated carbocycles. The minimum absolute atomic E-state index is 0.129. The first-order chi connectivity index (χ1) is 15.1. The second-order valence-electron chi connectivity index (χ2n) is 8.32. The highest BCUT2D eigenvalue weighted by molar-refractivity contribution is 5.98. The average molecular weight is 442 g/mol. The van der Waals surface area contributed by atoms with Gasteiger partial charge in [0, 0.05) is 25.9 Å². The Balaban J connectivity index is 2.00. The van der Waals surface area contributed by atoms with Gasteiger partial charge in [0.2, 0.25) is 0 Å². The van der Waals surface area contributed by atoms with E-state index in [1.165, 1.54) is 30.2 Å². The number of nitrogens with zero attached hydrogens (tertiary/aromatic N) is 3. The van der Waals surface area contributed by atoms with Crippen molar-refractivity contribution < 1.29 is 24.0 Å². The third kappa shape index (κ3) is 5.02. The van der Waals surface area contributed by atoms with Gasteiger partial charge in [0.25, 0.3) is 11.6 Å². The molecule has 0 saturated heterocycles. The van der Waals surface area contributed by atoms with Crippen LogP contribution >= 0.6 is 0 Å². The second kappa shape index (κ2) is 9.31. The Labute approximate surface area is 185 Å². The molecule has 0 aliphatic carbocycles. The van der Waals surface area contributed by atoms with Gasteiger partial charge in [0.05, 0.1) is 16.5 Å². The molecular weight excluding hydrogens is 416 g/mol. The number of nitro benzene ring substituents is 1. The number of nitrogens with one attached hydrogen (secondary N) is 1. The minimum Gasteiger partial charge on any atom is -0.444 e. The third-order valence-corrected chi connectivity index (χ3v) is 4.93. The summed E-state index contributed by atoms with van der Waals surface area (Å²) in [6, 6.07) is 8.40. The molecular formula is C22H26N4O6. The number of aromatic nitrogens is 1. The Morgan fingerprint density at radius 1 is 1.22 bits per heavy atom. The van der Waals surface area contributed by atoms with E-state index in [1.54, 1.807) is 39.1 Å². The van der Waals surface area contributed by atoms with Crippen molar-refractivity contribution in [3.05, 3.63) is 63.8 Å². The van der Waals surface area contributed by atoms with Crippen LogP contribution in [0.2, 0.25) is 0 Å². The number of pyridine rings is 1. The van der Waals surface area contributed by atoms with Gasteiger partial charge in [-0.15, -0.1) is 0 Å². The Kier molecular flexibility index (Phi) is 6.73. The first-order valence-electron chi connectivity index (χ1n) is 10.1. The van der Waals surface area contributed by atoms with E-state index in [0.29, 0.717) is 18.8 Å². The molecule has 2 amide bonds. The summed E-state index contributed by atoms with van der Waals surface area (Å²) in [6.45, 7) is 5.47. The molecule has 2 atom stereocenters. The van der Waals surface area contributed by atoms with Crippen molar-refractivity contribution >= 4 is 23.5 Å². The number of ether oxygens (including phenoxy) is 2. The second-order valence-corrected chi connectivity index (χ2v) is 8.32. The van der Waals surface area contributed by atoms with E-state index in [4.69, 9.17) is 9.47 Å². The number of para-hydroxylation sites is 1. The predicted molar refractivity (Wildman–Crippen MR) is 116 cm³/mol. The van der Waals surface area contributed by atoms with Crippen LogP contribution in [0.3, 0.4) is 0 Å². The summed E-state index contributed by atoms with van der Waals surface area (Å²) in [5.41, 5.74) is -0.00726. The van der Waals surface area contributed by atoms with Crippen LogP contribution in [0.5, 0.6) is 0 Å². The molecule has 1 aliphatic rings. The number of rotatable bonds is 6. The monoisotopic (exact) mass is 442 g/mol. The zero-order valence-corrected chi connectivity index (χ0v) is 18.4. The molecule has 1 N–H and O–H groups in total. The van der Waals surface area contributed by atoms with Crippen LogP contribution in [0.25, 0.3) is 0 Å². The van der Waals surface area contributed by atoms with E-state index in [9.17, 15) is 19.7 Å². The Morgan fingerprint density at radius 3 is 2.59 bits per heavy atom. The Hall–Kier alpha value is -3.53. The molecule has 10 heteroatoms. The highest BCUT2D eigenvalue weighted by Crippen LogP contribution is 2.32. The lowest BCUT2D eigenvalue weighted by molar-refractivity contribution is -0.385. The van der Waals surface area contributed by atoms with Gasteiger partial charge < -0.3 is 14.8 Å². The molecule has 0 fully saturated rings. The van der Waals surface area contributed by atoms with Crippen LogP contribution in [0.4, 0.5) is 16.3 Å². The van der Waals surface area contributed by atoms with Crippen LogP contribution in [0.15, 0.2) is 42.6 Å². The highest BCUT2D eigenvalue weighted by Gasteiger charge is 2.40. The SMILES string of the molecule is CO[C@@H](C(=O)N1CCc2cccnc21)[C@@H](NC(=O)OC(C)(C)C)c1ccccc1[N+](=O)[O-]. The topological polar surface area (TPSA) is 124 Å². The summed E-state index contributed by atoms with van der Waals surface area (Å²) < 4.78 is 10.8. The predicted octanol–water partition coefficient (Wildman–Crippen LogP) is 3.16. The van der Waals surface area contributed by atoms with Crippen molar-refractivity contribution in [3.8, 4) is 0 Å². The van der Waals surface area contributed by atoms with E-state index in [-0.39, 0.29) is 11.3 Å². The maximum atomic E-state index is 13.5. The summed E-state index contributed by atoms with van der Waals surface area (Å²) in [6.07, 6.45) is 0.137. The van der Waals surface area contributed by atoms with E-state index < -0.39 is 34.7 Å². The number of fused-ring (bicyclic) bond motifs is 1. The lowest BCUT2D eigenvalue weighted by atomic mass is 9.98. The molecule has 1 aromatic carbocycles. The van der Waals surface area contributed by atoms with Crippen LogP contribution < -0.4 is 10.2 Å². The molecule has 3 rings (SSSR count). The molecule has 10 nitrogen and oxygen atoms in total. The van der Waals surface area contributed by atoms with Gasteiger partial charge in [-0.1, -0.05) is 18.2 Å². The van der Waals surface area contributed by atoms with Crippen molar-refractivity contribution in [2.45, 2.75) is 44.9 Å². The normalized spacial score (nSPS) is 14.9. The molecule has 0 bridgehead atoms. The van der Waals surface area contributed by atoms with Crippen molar-refractivity contribution in [1.82, 2.24) is 10.3 Å². The van der Waals surface area contributed by atoms with Crippen molar-refractivity contribution in [1.29, 1.82) is 0 Å². The van der Waals surface area contributed by atoms with Crippen LogP contribution in [0, 0.1) is 10.1 Å². The smallest absolute Gasteiger partial charge is 0.408 e. The summed E-state index contributed by atoms with van der Waals surface area (Å²) in [4.78, 5) is 43.0. The number of anilines is 1. The first kappa shape index (κ1) is 23.1. The zero-order valence-electron chi connectivity index (χ0n) is 18.4. The van der Waals surface area contributed by atoms with Crippen LogP contribution in [0.1, 0.15) is 37.9 Å². The van der Waals surface area contributed by atoms with E-state index in [2.05, 4.69) is 10.3 Å². The van der Waals surface area contributed by atoms with Gasteiger partial charge in [-0.05, 0) is 44.9 Å². The number of methoxy groups -OCH3 is 1. The van der Waals surface area contributed by atoms with Crippen molar-refractivity contribution in [2.24, 2.45) is 0 Å². The van der Waals surface area contributed by atoms with E-state index in [0.717, 1.165) is 5.56 Å². The fourth-order valence-electron chi connectivity index (χ4n) is 3.62. The number of alkyl carbamates (subject to hydrolysis) is 1. The third-order valence-electron chi connectivity index (χ3n) is 4.93. The summed E-state index contributed by atoms with van der Waals surface area (Å²) in [5.74, 6) is 0.0438. The average Bonchev–Trinajstić information content (AvgIpc) is 3.16. The minimum atomic E-state index is -1.25. The van der Waals surface area contributed by atoms with Crippen LogP contribution in [-0.4, -0.2) is 47.3 Å². The molecule has 170 valence electrons. The maximum Gasteiger partial charge on any atom is 0.408 e. The molecule has 32 heavy (non-hydrogen) atoms. The fraction of sp³-hybridized carbons (Fsp3) is 0.409. The molecule has 0 unspecified atom stereocenters. The molecule has 2 heterocycles. The van der Waals surface area contributed by atoms with Gasteiger partial charge in [-0.3, -0.25) is 19.8 Å². The van der Waals surface area contributed by atoms with Gasteiger partial charge in [0.1, 0.15) is 11.4 Å². The van der Waals surface area contributed by atoms with Crippen molar-refractivity contribution in [2.75, 3.05) is 18.6 Å². The maximum absolute atomic E-state index is 13.5. The van der Waals surface area contributed by atoms with E-state index in [1.807, 2.05) is 6.07 Å². The lowest BCUT2D eigenvalue weighted by Crippen LogP contribution is -2.48. The van der Waals surface area contributed by atoms with E-state index >= 15 is 0 Å². The molecule has 2 aromatic rings. The fourth-order valence-corrected chi connectivity index (χ4v) is 3.62. The number of carbonyl (C=O) groups is 2. The summed E-state index contributed by atoms with van der Waals surface area (Å²) >= 11 is 0. The Bertz CT molecular complexity index is 1020. The van der Waals surface area contributed by atoms with Gasteiger partial charge in [-0.2, -0.15) is 0 Å². The number of hydrogen-bond acceptors (Lipinski definition) is 7. The standard InChI is InChI=1S/C22H26N4O6/c1-22(2,3)32-21(28)24-17(15-9-5-6-10-16(15)26(29)30)18(31-4)20(27)25-13-11-14-8-7-12-23-19(14)25/h5-10,12,17-18H,11,13H2,1-4H3,(H,24,28)/t17-,18+/m0/s1. The number of carbonyl (C=O) groups excluding carboxylic acids is 2. The van der Waals surface area contributed by atoms with Gasteiger partial charge >= 0.3 is 6.09 Å². The lowest BCUT2D eigenvalue weighted by Gasteiger charge is -2.30. The van der Waals surface area contributed by atoms with Crippen LogP contribution in [-0.2, 0) is 20.7 Å². The molecule has 1 aliphatic heterocycles. The van der Waals surface area contributed by atoms with Gasteiger partial charge in [-0.25, -0.2) is 9.78 Å². The number of amides is 2. The number of hydrogen-bond donors (Lipinski definition) is 1. The quantitative estimate of drug-likeness (QED) is 0.538. The largest absolute Gasteiger partial charge is 0.444 e. The zero-order chi connectivity index (χ0) is 23.5. The summed E-state index contributed by atoms with van der Waals surface area (Å²) in [5, 5.41) is 14.3. The van der Waals surface area contributed by atoms with Crippen molar-refractivity contribution in [3.63, 3.8) is 0 Å². The number of nitro groups is 1. The molecule has 1 aromatic heterocycles. The molecule has 0 radical (unpaired) electrons.